The van der Waals surface area contributed by atoms with E-state index in [1.165, 1.54) is 0 Å². The third-order valence-electron chi connectivity index (χ3n) is 8.48. The highest BCUT2D eigenvalue weighted by atomic mass is 79.9. The van der Waals surface area contributed by atoms with Crippen molar-refractivity contribution in [3.63, 3.8) is 0 Å². The SMILES string of the molecule is C=CCc1cccc([C@H]2C3=CC[C@@H]4C(=O)N(CCC(=O)O)C(=O)[C@@H]4[C@@H]3C[C@@]3(Cl)C(=O)N(CBr)C(=O)[C@@]23Cl)c1O. The second-order valence-corrected chi connectivity index (χ2v) is 12.0. The molecule has 0 aromatic heterocycles. The molecule has 206 valence electrons. The van der Waals surface area contributed by atoms with E-state index in [0.29, 0.717) is 17.6 Å². The van der Waals surface area contributed by atoms with Crippen LogP contribution >= 0.6 is 39.1 Å². The number of amides is 4. The summed E-state index contributed by atoms with van der Waals surface area (Å²) >= 11 is 17.5. The normalized spacial score (nSPS) is 33.6. The molecule has 9 nitrogen and oxygen atoms in total. The summed E-state index contributed by atoms with van der Waals surface area (Å²) in [6.07, 6.45) is 3.27. The Balaban J connectivity index is 1.69. The summed E-state index contributed by atoms with van der Waals surface area (Å²) in [5.74, 6) is -7.25. The van der Waals surface area contributed by atoms with Crippen molar-refractivity contribution in [3.8, 4) is 5.75 Å². The molecule has 0 unspecified atom stereocenters. The number of aromatic hydroxyl groups is 1. The van der Waals surface area contributed by atoms with E-state index >= 15 is 0 Å². The Hall–Kier alpha value is -2.69. The van der Waals surface area contributed by atoms with Gasteiger partial charge in [-0.3, -0.25) is 33.8 Å². The molecule has 2 saturated heterocycles. The van der Waals surface area contributed by atoms with Crippen LogP contribution in [0.3, 0.4) is 0 Å². The number of carboxylic acid groups (broad SMARTS) is 1. The van der Waals surface area contributed by atoms with Gasteiger partial charge in [0.05, 0.1) is 23.7 Å². The molecule has 12 heteroatoms. The predicted molar refractivity (Wildman–Crippen MR) is 144 cm³/mol. The number of para-hydroxylation sites is 1. The molecule has 39 heavy (non-hydrogen) atoms. The van der Waals surface area contributed by atoms with Gasteiger partial charge in [0.1, 0.15) is 5.75 Å². The van der Waals surface area contributed by atoms with Gasteiger partial charge in [-0.15, -0.1) is 29.8 Å². The average Bonchev–Trinajstić information content (AvgIpc) is 3.22. The zero-order valence-electron chi connectivity index (χ0n) is 20.6. The smallest absolute Gasteiger partial charge is 0.305 e. The minimum absolute atomic E-state index is 0.125. The molecule has 4 amide bonds. The van der Waals surface area contributed by atoms with Gasteiger partial charge < -0.3 is 10.2 Å². The first-order valence-corrected chi connectivity index (χ1v) is 14.3. The van der Waals surface area contributed by atoms with Crippen LogP contribution < -0.4 is 0 Å². The quantitative estimate of drug-likeness (QED) is 0.202. The molecule has 1 saturated carbocycles. The molecule has 1 aromatic rings. The molecule has 0 spiro atoms. The van der Waals surface area contributed by atoms with Crippen molar-refractivity contribution in [2.45, 2.75) is 41.3 Å². The Kier molecular flexibility index (Phi) is 6.96. The van der Waals surface area contributed by atoms with Crippen molar-refractivity contribution in [1.29, 1.82) is 0 Å². The number of phenolic OH excluding ortho intramolecular Hbond substituents is 1. The number of fused-ring (bicyclic) bond motifs is 4. The largest absolute Gasteiger partial charge is 0.507 e. The first kappa shape index (κ1) is 27.9. The molecule has 3 fully saturated rings. The number of likely N-dealkylation sites (tertiary alicyclic amines) is 2. The number of carbonyl (C=O) groups excluding carboxylic acids is 4. The highest BCUT2D eigenvalue weighted by molar-refractivity contribution is 9.09. The van der Waals surface area contributed by atoms with E-state index in [4.69, 9.17) is 28.3 Å². The predicted octanol–water partition coefficient (Wildman–Crippen LogP) is 3.31. The van der Waals surface area contributed by atoms with E-state index < -0.39 is 69.4 Å². The van der Waals surface area contributed by atoms with E-state index in [9.17, 15) is 29.1 Å². The topological polar surface area (TPSA) is 132 Å². The van der Waals surface area contributed by atoms with E-state index in [1.807, 2.05) is 0 Å². The number of aliphatic carboxylic acids is 1. The summed E-state index contributed by atoms with van der Waals surface area (Å²) in [5, 5.41) is 20.4. The third kappa shape index (κ3) is 3.74. The van der Waals surface area contributed by atoms with Crippen LogP contribution in [0.1, 0.15) is 36.3 Å². The maximum atomic E-state index is 13.8. The van der Waals surface area contributed by atoms with E-state index in [-0.39, 0.29) is 36.2 Å². The number of phenols is 1. The number of rotatable bonds is 7. The zero-order chi connectivity index (χ0) is 28.4. The van der Waals surface area contributed by atoms with Crippen molar-refractivity contribution < 1.29 is 34.2 Å². The van der Waals surface area contributed by atoms with Crippen LogP contribution in [-0.2, 0) is 30.4 Å². The van der Waals surface area contributed by atoms with Crippen LogP contribution in [0.25, 0.3) is 0 Å². The fraction of sp³-hybridized carbons (Fsp3) is 0.444. The molecule has 2 aliphatic heterocycles. The Morgan fingerprint density at radius 3 is 2.49 bits per heavy atom. The van der Waals surface area contributed by atoms with Crippen molar-refractivity contribution >= 4 is 68.7 Å². The molecule has 5 rings (SSSR count). The molecule has 0 bridgehead atoms. The van der Waals surface area contributed by atoms with Gasteiger partial charge in [0.25, 0.3) is 11.8 Å². The number of alkyl halides is 3. The van der Waals surface area contributed by atoms with Gasteiger partial charge in [-0.05, 0) is 30.7 Å². The van der Waals surface area contributed by atoms with Crippen molar-refractivity contribution in [1.82, 2.24) is 9.80 Å². The summed E-state index contributed by atoms with van der Waals surface area (Å²) in [6.45, 7) is 3.45. The van der Waals surface area contributed by atoms with Gasteiger partial charge in [-0.1, -0.05) is 51.9 Å². The fourth-order valence-electron chi connectivity index (χ4n) is 6.76. The van der Waals surface area contributed by atoms with Crippen LogP contribution in [0.15, 0.2) is 42.5 Å². The third-order valence-corrected chi connectivity index (χ3v) is 10.4. The van der Waals surface area contributed by atoms with E-state index in [2.05, 4.69) is 22.5 Å². The lowest BCUT2D eigenvalue weighted by Crippen LogP contribution is -2.60. The van der Waals surface area contributed by atoms with Crippen LogP contribution in [0.4, 0.5) is 0 Å². The molecule has 2 N–H and O–H groups in total. The molecular weight excluding hydrogens is 615 g/mol. The lowest BCUT2D eigenvalue weighted by atomic mass is 9.56. The number of nitrogens with zero attached hydrogens (tertiary/aromatic N) is 2. The Morgan fingerprint density at radius 2 is 1.85 bits per heavy atom. The molecule has 4 aliphatic rings. The van der Waals surface area contributed by atoms with Gasteiger partial charge in [-0.2, -0.15) is 0 Å². The van der Waals surface area contributed by atoms with Crippen LogP contribution in [-0.4, -0.2) is 71.4 Å². The summed E-state index contributed by atoms with van der Waals surface area (Å²) in [4.78, 5) is 63.2. The molecule has 1 aromatic carbocycles. The number of allylic oxidation sites excluding steroid dienone is 3. The summed E-state index contributed by atoms with van der Waals surface area (Å²) < 4.78 is 0. The number of carboxylic acids is 1. The number of halogens is 3. The molecular formula is C27H25BrCl2N2O7. The lowest BCUT2D eigenvalue weighted by Gasteiger charge is -2.50. The number of hydrogen-bond acceptors (Lipinski definition) is 6. The number of benzene rings is 1. The molecule has 2 aliphatic carbocycles. The first-order chi connectivity index (χ1) is 18.4. The standard InChI is InChI=1S/C27H25BrCl2N2O7/c1-2-4-13-5-3-6-16(21(13)35)20-14-7-8-15-19(23(37)31(22(15)36)10-9-18(33)34)17(14)11-26(29)24(38)32(12-28)25(39)27(20,26)30/h2-3,5-7,15,17,19-20,35H,1,4,8-12H2,(H,33,34)/t15-,17+,19-,20+,26+,27-/m0/s1. The summed E-state index contributed by atoms with van der Waals surface area (Å²) in [7, 11) is 0. The maximum Gasteiger partial charge on any atom is 0.305 e. The van der Waals surface area contributed by atoms with Crippen LogP contribution in [0, 0.1) is 17.8 Å². The minimum Gasteiger partial charge on any atom is -0.507 e. The second-order valence-electron chi connectivity index (χ2n) is 10.3. The number of carbonyl (C=O) groups is 5. The Labute approximate surface area is 242 Å². The van der Waals surface area contributed by atoms with E-state index in [1.54, 1.807) is 30.4 Å². The van der Waals surface area contributed by atoms with Gasteiger partial charge >= 0.3 is 5.97 Å². The zero-order valence-corrected chi connectivity index (χ0v) is 23.7. The van der Waals surface area contributed by atoms with Gasteiger partial charge in [0.15, 0.2) is 9.75 Å². The minimum atomic E-state index is -2.02. The van der Waals surface area contributed by atoms with Crippen molar-refractivity contribution in [3.05, 3.63) is 53.6 Å². The molecule has 2 heterocycles. The van der Waals surface area contributed by atoms with Gasteiger partial charge in [0, 0.05) is 18.0 Å². The maximum absolute atomic E-state index is 13.8. The second kappa shape index (κ2) is 9.74. The van der Waals surface area contributed by atoms with Crippen molar-refractivity contribution in [2.24, 2.45) is 17.8 Å². The molecule has 6 atom stereocenters. The Bertz CT molecular complexity index is 1370. The molecule has 0 radical (unpaired) electrons. The first-order valence-electron chi connectivity index (χ1n) is 12.4. The van der Waals surface area contributed by atoms with Gasteiger partial charge in [-0.25, -0.2) is 0 Å². The highest BCUT2D eigenvalue weighted by Crippen LogP contribution is 2.66. The highest BCUT2D eigenvalue weighted by Gasteiger charge is 2.76. The van der Waals surface area contributed by atoms with Crippen LogP contribution in [0.2, 0.25) is 0 Å². The average molecular weight is 640 g/mol. The van der Waals surface area contributed by atoms with Crippen LogP contribution in [0.5, 0.6) is 5.75 Å². The van der Waals surface area contributed by atoms with Crippen molar-refractivity contribution in [2.75, 3.05) is 12.0 Å². The van der Waals surface area contributed by atoms with E-state index in [0.717, 1.165) is 9.80 Å². The summed E-state index contributed by atoms with van der Waals surface area (Å²) in [6, 6.07) is 5.01. The summed E-state index contributed by atoms with van der Waals surface area (Å²) in [5.41, 5.74) is 1.20. The fourth-order valence-corrected chi connectivity index (χ4v) is 8.17. The number of hydrogen-bond donors (Lipinski definition) is 2. The van der Waals surface area contributed by atoms with Gasteiger partial charge in [0.2, 0.25) is 11.8 Å². The monoisotopic (exact) mass is 638 g/mol. The Morgan fingerprint density at radius 1 is 1.13 bits per heavy atom. The lowest BCUT2D eigenvalue weighted by molar-refractivity contribution is -0.143. The number of imide groups is 2.